The van der Waals surface area contributed by atoms with Crippen LogP contribution in [0.3, 0.4) is 0 Å². The number of rotatable bonds is 10. The van der Waals surface area contributed by atoms with Crippen molar-refractivity contribution in [3.8, 4) is 0 Å². The van der Waals surface area contributed by atoms with E-state index in [1.165, 1.54) is 55.2 Å². The first-order valence-corrected chi connectivity index (χ1v) is 9.16. The van der Waals surface area contributed by atoms with E-state index in [1.54, 1.807) is 0 Å². The Morgan fingerprint density at radius 2 is 1.35 bits per heavy atom. The Morgan fingerprint density at radius 3 is 2.04 bits per heavy atom. The average molecular weight is 309 g/mol. The van der Waals surface area contributed by atoms with Gasteiger partial charge in [-0.3, -0.25) is 0 Å². The van der Waals surface area contributed by atoms with Crippen molar-refractivity contribution in [1.82, 2.24) is 5.32 Å². The summed E-state index contributed by atoms with van der Waals surface area (Å²) in [6, 6.07) is 20.0. The molecule has 0 aliphatic heterocycles. The average Bonchev–Trinajstić information content (AvgIpc) is 2.59. The molecule has 0 fully saturated rings. The molecular weight excluding hydrogens is 278 g/mol. The third-order valence-electron chi connectivity index (χ3n) is 4.42. The first-order valence-electron chi connectivity index (χ1n) is 9.16. The quantitative estimate of drug-likeness (QED) is 0.528. The SMILES string of the molecule is CCCCCCCCNC(c1ccccc1)c1ccc(C)cc1. The Labute approximate surface area is 142 Å². The monoisotopic (exact) mass is 309 g/mol. The lowest BCUT2D eigenvalue weighted by Crippen LogP contribution is -2.23. The Kier molecular flexibility index (Phi) is 7.89. The molecule has 124 valence electrons. The molecule has 0 saturated carbocycles. The van der Waals surface area contributed by atoms with Gasteiger partial charge in [0.05, 0.1) is 6.04 Å². The van der Waals surface area contributed by atoms with Crippen LogP contribution >= 0.6 is 0 Å². The predicted molar refractivity (Wildman–Crippen MR) is 101 cm³/mol. The molecule has 1 atom stereocenters. The van der Waals surface area contributed by atoms with E-state index in [-0.39, 0.29) is 0 Å². The van der Waals surface area contributed by atoms with Crippen molar-refractivity contribution in [2.45, 2.75) is 58.4 Å². The highest BCUT2D eigenvalue weighted by Crippen LogP contribution is 2.22. The van der Waals surface area contributed by atoms with E-state index in [2.05, 4.69) is 73.8 Å². The number of hydrogen-bond donors (Lipinski definition) is 1. The third-order valence-corrected chi connectivity index (χ3v) is 4.42. The molecule has 0 spiro atoms. The summed E-state index contributed by atoms with van der Waals surface area (Å²) in [6.07, 6.45) is 8.05. The van der Waals surface area contributed by atoms with Crippen LogP contribution in [0, 0.1) is 6.92 Å². The van der Waals surface area contributed by atoms with E-state index in [0.717, 1.165) is 6.54 Å². The maximum atomic E-state index is 3.76. The van der Waals surface area contributed by atoms with Gasteiger partial charge >= 0.3 is 0 Å². The summed E-state index contributed by atoms with van der Waals surface area (Å²) in [4.78, 5) is 0. The summed E-state index contributed by atoms with van der Waals surface area (Å²) >= 11 is 0. The van der Waals surface area contributed by atoms with Gasteiger partial charge in [0, 0.05) is 0 Å². The summed E-state index contributed by atoms with van der Waals surface area (Å²) in [5.74, 6) is 0. The number of nitrogens with one attached hydrogen (secondary N) is 1. The largest absolute Gasteiger partial charge is 0.306 e. The van der Waals surface area contributed by atoms with E-state index in [0.29, 0.717) is 6.04 Å². The zero-order valence-corrected chi connectivity index (χ0v) is 14.7. The Hall–Kier alpha value is -1.60. The molecule has 1 nitrogen and oxygen atoms in total. The summed E-state index contributed by atoms with van der Waals surface area (Å²) in [7, 11) is 0. The number of hydrogen-bond acceptors (Lipinski definition) is 1. The second-order valence-electron chi connectivity index (χ2n) is 6.48. The van der Waals surface area contributed by atoms with E-state index >= 15 is 0 Å². The Balaban J connectivity index is 1.91. The predicted octanol–water partition coefficient (Wildman–Crippen LogP) is 6.03. The molecule has 0 heterocycles. The van der Waals surface area contributed by atoms with Gasteiger partial charge < -0.3 is 5.32 Å². The van der Waals surface area contributed by atoms with Crippen molar-refractivity contribution in [2.75, 3.05) is 6.54 Å². The summed E-state index contributed by atoms with van der Waals surface area (Å²) in [6.45, 7) is 5.50. The molecule has 0 radical (unpaired) electrons. The van der Waals surface area contributed by atoms with Crippen LogP contribution in [0.5, 0.6) is 0 Å². The molecule has 0 saturated heterocycles. The van der Waals surface area contributed by atoms with Gasteiger partial charge in [-0.15, -0.1) is 0 Å². The van der Waals surface area contributed by atoms with Gasteiger partial charge in [-0.25, -0.2) is 0 Å². The first kappa shape index (κ1) is 17.7. The van der Waals surface area contributed by atoms with Crippen molar-refractivity contribution in [2.24, 2.45) is 0 Å². The molecule has 0 aliphatic rings. The van der Waals surface area contributed by atoms with Crippen LogP contribution in [0.2, 0.25) is 0 Å². The van der Waals surface area contributed by atoms with E-state index in [4.69, 9.17) is 0 Å². The van der Waals surface area contributed by atoms with Crippen LogP contribution in [-0.2, 0) is 0 Å². The van der Waals surface area contributed by atoms with Crippen molar-refractivity contribution < 1.29 is 0 Å². The van der Waals surface area contributed by atoms with Crippen LogP contribution in [0.4, 0.5) is 0 Å². The highest BCUT2D eigenvalue weighted by Gasteiger charge is 2.12. The van der Waals surface area contributed by atoms with E-state index < -0.39 is 0 Å². The first-order chi connectivity index (χ1) is 11.3. The number of benzene rings is 2. The van der Waals surface area contributed by atoms with Gasteiger partial charge in [0.15, 0.2) is 0 Å². The minimum atomic E-state index is 0.299. The van der Waals surface area contributed by atoms with Crippen LogP contribution in [0.1, 0.15) is 68.2 Å². The molecule has 0 bridgehead atoms. The van der Waals surface area contributed by atoms with Crippen LogP contribution < -0.4 is 5.32 Å². The second kappa shape index (κ2) is 10.2. The summed E-state index contributed by atoms with van der Waals surface area (Å²) in [5.41, 5.74) is 4.02. The van der Waals surface area contributed by atoms with Crippen molar-refractivity contribution in [3.63, 3.8) is 0 Å². The molecule has 0 aliphatic carbocycles. The third kappa shape index (κ3) is 6.19. The molecule has 1 N–H and O–H groups in total. The van der Waals surface area contributed by atoms with Gasteiger partial charge in [0.1, 0.15) is 0 Å². The van der Waals surface area contributed by atoms with Crippen molar-refractivity contribution in [1.29, 1.82) is 0 Å². The Bertz CT molecular complexity index is 530. The fraction of sp³-hybridized carbons (Fsp3) is 0.455. The topological polar surface area (TPSA) is 12.0 Å². The van der Waals surface area contributed by atoms with E-state index in [9.17, 15) is 0 Å². The standard InChI is InChI=1S/C22H31N/c1-3-4-5-6-7-11-18-23-22(20-12-9-8-10-13-20)21-16-14-19(2)15-17-21/h8-10,12-17,22-23H,3-7,11,18H2,1-2H3. The van der Waals surface area contributed by atoms with Crippen LogP contribution in [0.25, 0.3) is 0 Å². The van der Waals surface area contributed by atoms with Gasteiger partial charge in [0.2, 0.25) is 0 Å². The Morgan fingerprint density at radius 1 is 0.739 bits per heavy atom. The molecular formula is C22H31N. The number of unbranched alkanes of at least 4 members (excludes halogenated alkanes) is 5. The van der Waals surface area contributed by atoms with E-state index in [1.807, 2.05) is 0 Å². The molecule has 2 aromatic rings. The molecule has 2 aromatic carbocycles. The lowest BCUT2D eigenvalue weighted by atomic mass is 9.97. The smallest absolute Gasteiger partial charge is 0.0576 e. The van der Waals surface area contributed by atoms with Gasteiger partial charge in [0.25, 0.3) is 0 Å². The summed E-state index contributed by atoms with van der Waals surface area (Å²) < 4.78 is 0. The lowest BCUT2D eigenvalue weighted by Gasteiger charge is -2.20. The molecule has 1 heteroatoms. The van der Waals surface area contributed by atoms with Crippen LogP contribution in [-0.4, -0.2) is 6.54 Å². The zero-order chi connectivity index (χ0) is 16.3. The molecule has 23 heavy (non-hydrogen) atoms. The molecule has 1 unspecified atom stereocenters. The van der Waals surface area contributed by atoms with Crippen LogP contribution in [0.15, 0.2) is 54.6 Å². The highest BCUT2D eigenvalue weighted by molar-refractivity contribution is 5.33. The van der Waals surface area contributed by atoms with Gasteiger partial charge in [-0.2, -0.15) is 0 Å². The van der Waals surface area contributed by atoms with Crippen molar-refractivity contribution >= 4 is 0 Å². The maximum absolute atomic E-state index is 3.76. The molecule has 2 rings (SSSR count). The summed E-state index contributed by atoms with van der Waals surface area (Å²) in [5, 5.41) is 3.76. The van der Waals surface area contributed by atoms with Crippen molar-refractivity contribution in [3.05, 3.63) is 71.3 Å². The minimum absolute atomic E-state index is 0.299. The lowest BCUT2D eigenvalue weighted by molar-refractivity contribution is 0.542. The maximum Gasteiger partial charge on any atom is 0.0576 e. The minimum Gasteiger partial charge on any atom is -0.306 e. The number of aryl methyl sites for hydroxylation is 1. The molecule has 0 amide bonds. The van der Waals surface area contributed by atoms with Gasteiger partial charge in [-0.1, -0.05) is 99.2 Å². The highest BCUT2D eigenvalue weighted by atomic mass is 14.9. The zero-order valence-electron chi connectivity index (χ0n) is 14.7. The normalized spacial score (nSPS) is 12.3. The second-order valence-corrected chi connectivity index (χ2v) is 6.48. The fourth-order valence-corrected chi connectivity index (χ4v) is 2.98. The fourth-order valence-electron chi connectivity index (χ4n) is 2.98. The van der Waals surface area contributed by atoms with Gasteiger partial charge in [-0.05, 0) is 31.0 Å². The molecule has 0 aromatic heterocycles.